The molecule has 0 unspecified atom stereocenters. The van der Waals surface area contributed by atoms with Crippen LogP contribution in [0.3, 0.4) is 0 Å². The Kier molecular flexibility index (Phi) is 6.26. The maximum absolute atomic E-state index is 12.9. The highest BCUT2D eigenvalue weighted by Crippen LogP contribution is 2.32. The van der Waals surface area contributed by atoms with Gasteiger partial charge in [0.1, 0.15) is 0 Å². The average Bonchev–Trinajstić information content (AvgIpc) is 2.68. The van der Waals surface area contributed by atoms with Gasteiger partial charge in [-0.3, -0.25) is 14.6 Å². The number of benzene rings is 1. The molecule has 5 nitrogen and oxygen atoms in total. The standard InChI is InChI=1S/C19H26F3N3O2/c1-27-18(26)14-23-7-3-6-17(13-23)25-10-8-24(9-11-25)16-5-2-4-15(12-16)19(20,21)22/h2,4-5,12,17H,3,6-11,13-14H2,1H3/t17-/m1/s1. The highest BCUT2D eigenvalue weighted by molar-refractivity contribution is 5.71. The number of piperazine rings is 1. The summed E-state index contributed by atoms with van der Waals surface area (Å²) < 4.78 is 43.5. The summed E-state index contributed by atoms with van der Waals surface area (Å²) in [4.78, 5) is 18.0. The summed E-state index contributed by atoms with van der Waals surface area (Å²) in [6, 6.07) is 5.93. The Balaban J connectivity index is 1.55. The van der Waals surface area contributed by atoms with Crippen LogP contribution in [0.4, 0.5) is 18.9 Å². The van der Waals surface area contributed by atoms with Crippen molar-refractivity contribution in [2.45, 2.75) is 25.1 Å². The molecule has 2 fully saturated rings. The van der Waals surface area contributed by atoms with Gasteiger partial charge in [0.2, 0.25) is 0 Å². The number of hydrogen-bond acceptors (Lipinski definition) is 5. The molecule has 1 aromatic carbocycles. The molecule has 0 aromatic heterocycles. The number of rotatable bonds is 4. The number of likely N-dealkylation sites (tertiary alicyclic amines) is 1. The highest BCUT2D eigenvalue weighted by atomic mass is 19.4. The van der Waals surface area contributed by atoms with E-state index in [1.165, 1.54) is 19.2 Å². The number of hydrogen-bond donors (Lipinski definition) is 0. The van der Waals surface area contributed by atoms with Crippen LogP contribution < -0.4 is 4.90 Å². The number of piperidine rings is 1. The second-order valence-corrected chi connectivity index (χ2v) is 7.18. The lowest BCUT2D eigenvalue weighted by Gasteiger charge is -2.43. The normalized spacial score (nSPS) is 22.7. The molecule has 0 saturated carbocycles. The first-order valence-corrected chi connectivity index (χ1v) is 9.32. The minimum absolute atomic E-state index is 0.218. The molecule has 8 heteroatoms. The number of esters is 1. The molecule has 0 radical (unpaired) electrons. The zero-order chi connectivity index (χ0) is 19.4. The SMILES string of the molecule is COC(=O)CN1CCC[C@@H](N2CCN(c3cccc(C(F)(F)F)c3)CC2)C1. The van der Waals surface area contributed by atoms with Gasteiger partial charge in [-0.05, 0) is 37.6 Å². The van der Waals surface area contributed by atoms with Crippen LogP contribution in [0, 0.1) is 0 Å². The monoisotopic (exact) mass is 385 g/mol. The van der Waals surface area contributed by atoms with Gasteiger partial charge in [-0.15, -0.1) is 0 Å². The second kappa shape index (κ2) is 8.48. The molecule has 0 aliphatic carbocycles. The van der Waals surface area contributed by atoms with Gasteiger partial charge < -0.3 is 9.64 Å². The van der Waals surface area contributed by atoms with Crippen molar-refractivity contribution in [2.75, 3.05) is 57.8 Å². The van der Waals surface area contributed by atoms with Crippen LogP contribution >= 0.6 is 0 Å². The predicted octanol–water partition coefficient (Wildman–Crippen LogP) is 2.46. The fourth-order valence-corrected chi connectivity index (χ4v) is 3.94. The number of carbonyl (C=O) groups excluding carboxylic acids is 1. The van der Waals surface area contributed by atoms with Gasteiger partial charge in [-0.1, -0.05) is 6.07 Å². The fraction of sp³-hybridized carbons (Fsp3) is 0.632. The summed E-state index contributed by atoms with van der Waals surface area (Å²) in [7, 11) is 1.40. The number of ether oxygens (including phenoxy) is 1. The van der Waals surface area contributed by atoms with Crippen molar-refractivity contribution in [3.8, 4) is 0 Å². The van der Waals surface area contributed by atoms with Crippen LogP contribution in [0.15, 0.2) is 24.3 Å². The molecular formula is C19H26F3N3O2. The van der Waals surface area contributed by atoms with Crippen molar-refractivity contribution in [3.63, 3.8) is 0 Å². The van der Waals surface area contributed by atoms with E-state index < -0.39 is 11.7 Å². The van der Waals surface area contributed by atoms with Crippen LogP contribution in [0.2, 0.25) is 0 Å². The molecule has 2 heterocycles. The average molecular weight is 385 g/mol. The molecule has 150 valence electrons. The molecule has 2 aliphatic rings. The van der Waals surface area contributed by atoms with Crippen molar-refractivity contribution >= 4 is 11.7 Å². The van der Waals surface area contributed by atoms with E-state index in [1.54, 1.807) is 6.07 Å². The molecule has 2 saturated heterocycles. The molecule has 0 bridgehead atoms. The topological polar surface area (TPSA) is 36.0 Å². The molecule has 1 atom stereocenters. The number of anilines is 1. The first-order valence-electron chi connectivity index (χ1n) is 9.32. The number of halogens is 3. The Morgan fingerprint density at radius 2 is 1.93 bits per heavy atom. The number of methoxy groups -OCH3 is 1. The Morgan fingerprint density at radius 1 is 1.19 bits per heavy atom. The third-order valence-corrected chi connectivity index (χ3v) is 5.43. The van der Waals surface area contributed by atoms with Crippen molar-refractivity contribution in [3.05, 3.63) is 29.8 Å². The summed E-state index contributed by atoms with van der Waals surface area (Å²) in [6.45, 7) is 5.08. The molecule has 3 rings (SSSR count). The predicted molar refractivity (Wildman–Crippen MR) is 96.7 cm³/mol. The quantitative estimate of drug-likeness (QED) is 0.745. The van der Waals surface area contributed by atoms with E-state index in [0.717, 1.165) is 45.1 Å². The highest BCUT2D eigenvalue weighted by Gasteiger charge is 2.32. The molecule has 0 N–H and O–H groups in total. The van der Waals surface area contributed by atoms with E-state index >= 15 is 0 Å². The lowest BCUT2D eigenvalue weighted by atomic mass is 10.0. The lowest BCUT2D eigenvalue weighted by Crippen LogP contribution is -2.55. The number of alkyl halides is 3. The van der Waals surface area contributed by atoms with E-state index in [1.807, 2.05) is 4.90 Å². The van der Waals surface area contributed by atoms with E-state index in [-0.39, 0.29) is 5.97 Å². The van der Waals surface area contributed by atoms with Crippen molar-refractivity contribution in [2.24, 2.45) is 0 Å². The zero-order valence-corrected chi connectivity index (χ0v) is 15.5. The summed E-state index contributed by atoms with van der Waals surface area (Å²) >= 11 is 0. The van der Waals surface area contributed by atoms with Crippen LogP contribution in [0.25, 0.3) is 0 Å². The molecular weight excluding hydrogens is 359 g/mol. The summed E-state index contributed by atoms with van der Waals surface area (Å²) in [5, 5.41) is 0. The maximum Gasteiger partial charge on any atom is 0.416 e. The smallest absolute Gasteiger partial charge is 0.416 e. The fourth-order valence-electron chi connectivity index (χ4n) is 3.94. The van der Waals surface area contributed by atoms with E-state index in [2.05, 4.69) is 9.80 Å². The van der Waals surface area contributed by atoms with Gasteiger partial charge in [0.25, 0.3) is 0 Å². The van der Waals surface area contributed by atoms with Gasteiger partial charge in [0.15, 0.2) is 0 Å². The molecule has 1 aromatic rings. The summed E-state index contributed by atoms with van der Waals surface area (Å²) in [5.41, 5.74) is 0.0219. The maximum atomic E-state index is 12.9. The Labute approximate surface area is 157 Å². The molecule has 27 heavy (non-hydrogen) atoms. The molecule has 0 amide bonds. The third kappa shape index (κ3) is 5.13. The number of carbonyl (C=O) groups is 1. The summed E-state index contributed by atoms with van der Waals surface area (Å²) in [5.74, 6) is -0.218. The van der Waals surface area contributed by atoms with Gasteiger partial charge in [-0.25, -0.2) is 0 Å². The van der Waals surface area contributed by atoms with E-state index in [0.29, 0.717) is 31.4 Å². The van der Waals surface area contributed by atoms with E-state index in [4.69, 9.17) is 4.74 Å². The zero-order valence-electron chi connectivity index (χ0n) is 15.5. The Morgan fingerprint density at radius 3 is 2.59 bits per heavy atom. The first-order chi connectivity index (χ1) is 12.9. The van der Waals surface area contributed by atoms with Gasteiger partial charge in [-0.2, -0.15) is 13.2 Å². The van der Waals surface area contributed by atoms with Gasteiger partial charge >= 0.3 is 12.1 Å². The lowest BCUT2D eigenvalue weighted by molar-refractivity contribution is -0.142. The first kappa shape index (κ1) is 19.9. The number of nitrogens with zero attached hydrogens (tertiary/aromatic N) is 3. The van der Waals surface area contributed by atoms with E-state index in [9.17, 15) is 18.0 Å². The van der Waals surface area contributed by atoms with Crippen LogP contribution in [-0.4, -0.2) is 74.7 Å². The van der Waals surface area contributed by atoms with Crippen LogP contribution in [0.1, 0.15) is 18.4 Å². The van der Waals surface area contributed by atoms with Gasteiger partial charge in [0.05, 0.1) is 19.2 Å². The minimum Gasteiger partial charge on any atom is -0.468 e. The van der Waals surface area contributed by atoms with Crippen molar-refractivity contribution in [1.82, 2.24) is 9.80 Å². The van der Waals surface area contributed by atoms with Crippen LogP contribution in [-0.2, 0) is 15.7 Å². The minimum atomic E-state index is -4.32. The third-order valence-electron chi connectivity index (χ3n) is 5.43. The largest absolute Gasteiger partial charge is 0.468 e. The Hall–Kier alpha value is -1.80. The van der Waals surface area contributed by atoms with Gasteiger partial charge in [0, 0.05) is 44.5 Å². The molecule has 0 spiro atoms. The van der Waals surface area contributed by atoms with Crippen molar-refractivity contribution < 1.29 is 22.7 Å². The summed E-state index contributed by atoms with van der Waals surface area (Å²) in [6.07, 6.45) is -2.19. The molecule has 2 aliphatic heterocycles. The van der Waals surface area contributed by atoms with Crippen molar-refractivity contribution in [1.29, 1.82) is 0 Å². The van der Waals surface area contributed by atoms with Crippen LogP contribution in [0.5, 0.6) is 0 Å². The second-order valence-electron chi connectivity index (χ2n) is 7.18. The Bertz CT molecular complexity index is 645.